The predicted molar refractivity (Wildman–Crippen MR) is 109 cm³/mol. The van der Waals surface area contributed by atoms with Crippen molar-refractivity contribution in [3.8, 4) is 17.0 Å². The molecule has 0 bridgehead atoms. The number of halogens is 2. The van der Waals surface area contributed by atoms with Gasteiger partial charge in [-0.25, -0.2) is 9.97 Å². The van der Waals surface area contributed by atoms with Gasteiger partial charge in [-0.2, -0.15) is 0 Å². The van der Waals surface area contributed by atoms with Gasteiger partial charge in [-0.15, -0.1) is 11.3 Å². The third kappa shape index (κ3) is 2.78. The van der Waals surface area contributed by atoms with Crippen LogP contribution in [-0.4, -0.2) is 23.1 Å². The lowest BCUT2D eigenvalue weighted by Gasteiger charge is -2.12. The Bertz CT molecular complexity index is 1050. The van der Waals surface area contributed by atoms with Crippen molar-refractivity contribution >= 4 is 56.4 Å². The summed E-state index contributed by atoms with van der Waals surface area (Å²) in [7, 11) is 0. The van der Waals surface area contributed by atoms with Crippen LogP contribution in [0, 0.1) is 0 Å². The number of fused-ring (bicyclic) bond motifs is 2. The van der Waals surface area contributed by atoms with E-state index in [9.17, 15) is 0 Å². The highest BCUT2D eigenvalue weighted by atomic mass is 35.5. The molecule has 26 heavy (non-hydrogen) atoms. The smallest absolute Gasteiger partial charge is 0.221 e. The van der Waals surface area contributed by atoms with E-state index < -0.39 is 0 Å². The maximum absolute atomic E-state index is 6.55. The van der Waals surface area contributed by atoms with Crippen molar-refractivity contribution in [1.82, 2.24) is 15.3 Å². The highest BCUT2D eigenvalue weighted by Crippen LogP contribution is 2.46. The Morgan fingerprint density at radius 1 is 1.35 bits per heavy atom. The van der Waals surface area contributed by atoms with Crippen LogP contribution in [0.1, 0.15) is 17.4 Å². The molecule has 0 aliphatic carbocycles. The molecule has 3 N–H and O–H groups in total. The summed E-state index contributed by atoms with van der Waals surface area (Å²) in [5.41, 5.74) is 9.28. The molecule has 134 valence electrons. The molecule has 5 nitrogen and oxygen atoms in total. The van der Waals surface area contributed by atoms with Crippen LogP contribution in [0.25, 0.3) is 27.2 Å². The standard InChI is InChI=1S/C18H16Cl2N4OS/c1-3-22-8(2)13-6-10-15(23-18(21)24-17(10)26-13)14-9-4-5-25-16(9)12(20)7-11(14)19/h6-7,22H,2-5H2,1H3,(H2,21,23,24). The third-order valence-electron chi connectivity index (χ3n) is 4.22. The monoisotopic (exact) mass is 406 g/mol. The van der Waals surface area contributed by atoms with Crippen LogP contribution >= 0.6 is 34.5 Å². The Morgan fingerprint density at radius 2 is 2.15 bits per heavy atom. The zero-order valence-electron chi connectivity index (χ0n) is 14.0. The Kier molecular flexibility index (Phi) is 4.42. The molecule has 0 unspecified atom stereocenters. The van der Waals surface area contributed by atoms with Crippen molar-refractivity contribution in [3.63, 3.8) is 0 Å². The molecule has 0 amide bonds. The minimum Gasteiger partial charge on any atom is -0.491 e. The number of aromatic nitrogens is 2. The van der Waals surface area contributed by atoms with Crippen molar-refractivity contribution < 1.29 is 4.74 Å². The second-order valence-corrected chi connectivity index (χ2v) is 7.74. The van der Waals surface area contributed by atoms with Crippen LogP contribution in [0.15, 0.2) is 18.7 Å². The highest BCUT2D eigenvalue weighted by Gasteiger charge is 2.26. The summed E-state index contributed by atoms with van der Waals surface area (Å²) in [6.07, 6.45) is 0.720. The van der Waals surface area contributed by atoms with Gasteiger partial charge in [-0.05, 0) is 19.1 Å². The van der Waals surface area contributed by atoms with E-state index in [2.05, 4.69) is 21.9 Å². The van der Waals surface area contributed by atoms with Crippen LogP contribution < -0.4 is 15.8 Å². The van der Waals surface area contributed by atoms with Gasteiger partial charge in [0.2, 0.25) is 5.95 Å². The highest BCUT2D eigenvalue weighted by molar-refractivity contribution is 7.19. The zero-order chi connectivity index (χ0) is 18.4. The summed E-state index contributed by atoms with van der Waals surface area (Å²) in [4.78, 5) is 10.7. The Balaban J connectivity index is 1.98. The summed E-state index contributed by atoms with van der Waals surface area (Å²) < 4.78 is 5.68. The van der Waals surface area contributed by atoms with Gasteiger partial charge in [0.15, 0.2) is 0 Å². The molecule has 0 spiro atoms. The van der Waals surface area contributed by atoms with Crippen molar-refractivity contribution in [2.75, 3.05) is 18.9 Å². The van der Waals surface area contributed by atoms with Crippen LogP contribution in [0.4, 0.5) is 5.95 Å². The average molecular weight is 407 g/mol. The van der Waals surface area contributed by atoms with Gasteiger partial charge >= 0.3 is 0 Å². The number of nitrogens with one attached hydrogen (secondary N) is 1. The molecule has 0 saturated carbocycles. The number of ether oxygens (including phenoxy) is 1. The van der Waals surface area contributed by atoms with E-state index in [4.69, 9.17) is 33.7 Å². The van der Waals surface area contributed by atoms with Gasteiger partial charge in [0.05, 0.1) is 27.2 Å². The predicted octanol–water partition coefficient (Wildman–Crippen LogP) is 4.76. The number of thiophene rings is 1. The van der Waals surface area contributed by atoms with Crippen molar-refractivity contribution in [2.45, 2.75) is 13.3 Å². The van der Waals surface area contributed by atoms with Gasteiger partial charge in [-0.1, -0.05) is 29.8 Å². The third-order valence-corrected chi connectivity index (χ3v) is 5.89. The number of nitrogens with two attached hydrogens (primary N) is 1. The van der Waals surface area contributed by atoms with Crippen LogP contribution in [0.3, 0.4) is 0 Å². The van der Waals surface area contributed by atoms with E-state index in [1.54, 1.807) is 6.07 Å². The minimum atomic E-state index is 0.202. The number of nitrogen functional groups attached to an aromatic ring is 1. The first kappa shape index (κ1) is 17.4. The van der Waals surface area contributed by atoms with Crippen LogP contribution in [-0.2, 0) is 6.42 Å². The molecular formula is C18H16Cl2N4OS. The first-order chi connectivity index (χ1) is 12.5. The molecule has 8 heteroatoms. The van der Waals surface area contributed by atoms with Gasteiger partial charge in [0, 0.05) is 35.2 Å². The first-order valence-corrected chi connectivity index (χ1v) is 9.71. The Hall–Kier alpha value is -2.02. The fourth-order valence-corrected chi connectivity index (χ4v) is 4.77. The second kappa shape index (κ2) is 6.61. The molecule has 0 radical (unpaired) electrons. The molecular weight excluding hydrogens is 391 g/mol. The summed E-state index contributed by atoms with van der Waals surface area (Å²) in [6.45, 7) is 7.47. The van der Waals surface area contributed by atoms with E-state index >= 15 is 0 Å². The lowest BCUT2D eigenvalue weighted by atomic mass is 10.00. The van der Waals surface area contributed by atoms with Gasteiger partial charge in [-0.3, -0.25) is 0 Å². The maximum Gasteiger partial charge on any atom is 0.221 e. The number of rotatable bonds is 4. The summed E-state index contributed by atoms with van der Waals surface area (Å²) >= 11 is 14.3. The van der Waals surface area contributed by atoms with Crippen molar-refractivity contribution in [1.29, 1.82) is 0 Å². The molecule has 0 fully saturated rings. The number of hydrogen-bond acceptors (Lipinski definition) is 6. The molecule has 0 saturated heterocycles. The zero-order valence-corrected chi connectivity index (χ0v) is 16.4. The number of benzene rings is 1. The topological polar surface area (TPSA) is 73.1 Å². The summed E-state index contributed by atoms with van der Waals surface area (Å²) in [6, 6.07) is 3.71. The lowest BCUT2D eigenvalue weighted by molar-refractivity contribution is 0.357. The Morgan fingerprint density at radius 3 is 2.92 bits per heavy atom. The quantitative estimate of drug-likeness (QED) is 0.652. The Labute approximate surface area is 164 Å². The van der Waals surface area contributed by atoms with E-state index in [0.29, 0.717) is 28.1 Å². The second-order valence-electron chi connectivity index (χ2n) is 5.89. The SMILES string of the molecule is C=C(NCC)c1cc2c(-c3c(Cl)cc(Cl)c4c3CCO4)nc(N)nc2s1. The van der Waals surface area contributed by atoms with Crippen LogP contribution in [0.2, 0.25) is 10.0 Å². The molecule has 3 aromatic rings. The number of nitrogens with zero attached hydrogens (tertiary/aromatic N) is 2. The molecule has 1 aliphatic heterocycles. The lowest BCUT2D eigenvalue weighted by Crippen LogP contribution is -2.08. The van der Waals surface area contributed by atoms with E-state index in [-0.39, 0.29) is 5.95 Å². The molecule has 1 aromatic carbocycles. The van der Waals surface area contributed by atoms with Crippen LogP contribution in [0.5, 0.6) is 5.75 Å². The number of hydrogen-bond donors (Lipinski definition) is 2. The molecule has 3 heterocycles. The molecule has 0 atom stereocenters. The maximum atomic E-state index is 6.55. The van der Waals surface area contributed by atoms with Crippen molar-refractivity contribution in [2.24, 2.45) is 0 Å². The normalized spacial score (nSPS) is 12.9. The fourth-order valence-electron chi connectivity index (χ4n) is 3.13. The van der Waals surface area contributed by atoms with E-state index in [1.807, 2.05) is 13.0 Å². The van der Waals surface area contributed by atoms with Gasteiger partial charge in [0.1, 0.15) is 10.6 Å². The first-order valence-electron chi connectivity index (χ1n) is 8.13. The largest absolute Gasteiger partial charge is 0.491 e. The molecule has 1 aliphatic rings. The summed E-state index contributed by atoms with van der Waals surface area (Å²) in [5.74, 6) is 0.873. The average Bonchev–Trinajstić information content (AvgIpc) is 3.21. The molecule has 4 rings (SSSR count). The number of anilines is 1. The van der Waals surface area contributed by atoms with Gasteiger partial charge in [0.25, 0.3) is 0 Å². The molecule has 2 aromatic heterocycles. The van der Waals surface area contributed by atoms with Crippen molar-refractivity contribution in [3.05, 3.63) is 39.2 Å². The summed E-state index contributed by atoms with van der Waals surface area (Å²) in [5, 5.41) is 5.15. The van der Waals surface area contributed by atoms with E-state index in [1.165, 1.54) is 11.3 Å². The van der Waals surface area contributed by atoms with E-state index in [0.717, 1.165) is 44.9 Å². The fraction of sp³-hybridized carbons (Fsp3) is 0.222. The van der Waals surface area contributed by atoms with Gasteiger partial charge < -0.3 is 15.8 Å². The minimum absolute atomic E-state index is 0.202.